The number of hydrogen-bond acceptors (Lipinski definition) is 1. The predicted octanol–water partition coefficient (Wildman–Crippen LogP) is 5.43. The summed E-state index contributed by atoms with van der Waals surface area (Å²) in [7, 11) is 0. The number of halogens is 1. The number of aryl methyl sites for hydroxylation is 2. The fourth-order valence-corrected chi connectivity index (χ4v) is 2.95. The fourth-order valence-electron chi connectivity index (χ4n) is 2.73. The quantitative estimate of drug-likeness (QED) is 0.702. The van der Waals surface area contributed by atoms with E-state index >= 15 is 0 Å². The van der Waals surface area contributed by atoms with Crippen LogP contribution in [0.2, 0.25) is 5.02 Å². The van der Waals surface area contributed by atoms with Gasteiger partial charge in [-0.2, -0.15) is 0 Å². The van der Waals surface area contributed by atoms with E-state index in [9.17, 15) is 0 Å². The maximum Gasteiger partial charge on any atom is 0.0438 e. The molecule has 1 rings (SSSR count). The summed E-state index contributed by atoms with van der Waals surface area (Å²) in [6, 6.07) is 4.82. The number of nitrogens with one attached hydrogen (secondary N) is 1. The molecule has 1 N–H and O–H groups in total. The zero-order valence-corrected chi connectivity index (χ0v) is 13.8. The summed E-state index contributed by atoms with van der Waals surface area (Å²) < 4.78 is 0. The zero-order valence-electron chi connectivity index (χ0n) is 13.0. The Hall–Kier alpha value is -0.530. The van der Waals surface area contributed by atoms with Crippen molar-refractivity contribution in [3.8, 4) is 0 Å². The molecule has 0 fully saturated rings. The second-order valence-corrected chi connectivity index (χ2v) is 5.87. The summed E-state index contributed by atoms with van der Waals surface area (Å²) in [5.74, 6) is 0.686. The lowest BCUT2D eigenvalue weighted by molar-refractivity contribution is 0.340. The topological polar surface area (TPSA) is 12.0 Å². The standard InChI is InChI=1S/C17H28ClN/c1-6-9-19-17(14(7-2)8-3)15-10-13(5)16(18)11-12(15)4/h10-11,14,17,19H,6-9H2,1-5H3. The molecule has 0 bridgehead atoms. The van der Waals surface area contributed by atoms with Gasteiger partial charge in [0.25, 0.3) is 0 Å². The lowest BCUT2D eigenvalue weighted by Crippen LogP contribution is -2.29. The highest BCUT2D eigenvalue weighted by Gasteiger charge is 2.21. The minimum atomic E-state index is 0.450. The fraction of sp³-hybridized carbons (Fsp3) is 0.647. The molecule has 1 atom stereocenters. The molecule has 19 heavy (non-hydrogen) atoms. The van der Waals surface area contributed by atoms with Gasteiger partial charge in [-0.3, -0.25) is 0 Å². The average molecular weight is 282 g/mol. The van der Waals surface area contributed by atoms with Crippen molar-refractivity contribution in [3.63, 3.8) is 0 Å². The Bertz CT molecular complexity index is 396. The summed E-state index contributed by atoms with van der Waals surface area (Å²) in [5.41, 5.74) is 3.90. The van der Waals surface area contributed by atoms with Crippen LogP contribution in [0.15, 0.2) is 12.1 Å². The third-order valence-corrected chi connectivity index (χ3v) is 4.42. The number of hydrogen-bond donors (Lipinski definition) is 1. The van der Waals surface area contributed by atoms with Crippen molar-refractivity contribution in [2.45, 2.75) is 59.9 Å². The first-order chi connectivity index (χ1) is 9.04. The summed E-state index contributed by atoms with van der Waals surface area (Å²) in [6.45, 7) is 12.1. The number of rotatable bonds is 7. The van der Waals surface area contributed by atoms with E-state index in [1.54, 1.807) is 0 Å². The maximum atomic E-state index is 6.22. The molecule has 0 aliphatic carbocycles. The molecule has 0 saturated heterocycles. The first kappa shape index (κ1) is 16.5. The molecule has 1 aromatic rings. The van der Waals surface area contributed by atoms with Gasteiger partial charge in [0.15, 0.2) is 0 Å². The smallest absolute Gasteiger partial charge is 0.0438 e. The second kappa shape index (κ2) is 7.91. The van der Waals surface area contributed by atoms with Gasteiger partial charge in [-0.05, 0) is 55.5 Å². The van der Waals surface area contributed by atoms with Gasteiger partial charge >= 0.3 is 0 Å². The normalized spacial score (nSPS) is 13.0. The summed E-state index contributed by atoms with van der Waals surface area (Å²) in [6.07, 6.45) is 3.58. The average Bonchev–Trinajstić information content (AvgIpc) is 2.39. The lowest BCUT2D eigenvalue weighted by Gasteiger charge is -2.29. The van der Waals surface area contributed by atoms with Crippen LogP contribution < -0.4 is 5.32 Å². The molecule has 0 aliphatic rings. The monoisotopic (exact) mass is 281 g/mol. The Kier molecular flexibility index (Phi) is 6.88. The van der Waals surface area contributed by atoms with Gasteiger partial charge in [-0.1, -0.05) is 51.3 Å². The van der Waals surface area contributed by atoms with E-state index in [4.69, 9.17) is 11.6 Å². The molecular formula is C17H28ClN. The van der Waals surface area contributed by atoms with Gasteiger partial charge in [0.1, 0.15) is 0 Å². The first-order valence-corrected chi connectivity index (χ1v) is 7.92. The van der Waals surface area contributed by atoms with E-state index in [2.05, 4.69) is 52.1 Å². The zero-order chi connectivity index (χ0) is 14.4. The van der Waals surface area contributed by atoms with Crippen molar-refractivity contribution in [2.75, 3.05) is 6.54 Å². The van der Waals surface area contributed by atoms with Crippen molar-refractivity contribution in [2.24, 2.45) is 5.92 Å². The highest BCUT2D eigenvalue weighted by molar-refractivity contribution is 6.31. The molecule has 0 heterocycles. The molecule has 0 spiro atoms. The molecule has 1 aromatic carbocycles. The SMILES string of the molecule is CCCNC(c1cc(C)c(Cl)cc1C)C(CC)CC. The van der Waals surface area contributed by atoms with Crippen molar-refractivity contribution in [1.29, 1.82) is 0 Å². The van der Waals surface area contributed by atoms with Gasteiger partial charge in [0.05, 0.1) is 0 Å². The van der Waals surface area contributed by atoms with E-state index in [1.165, 1.54) is 36.0 Å². The Labute approximate surface area is 123 Å². The van der Waals surface area contributed by atoms with E-state index in [0.29, 0.717) is 12.0 Å². The highest BCUT2D eigenvalue weighted by Crippen LogP contribution is 2.32. The van der Waals surface area contributed by atoms with Crippen molar-refractivity contribution < 1.29 is 0 Å². The first-order valence-electron chi connectivity index (χ1n) is 7.55. The van der Waals surface area contributed by atoms with Crippen LogP contribution in [0.1, 0.15) is 62.8 Å². The van der Waals surface area contributed by atoms with Crippen LogP contribution in [0.3, 0.4) is 0 Å². The molecule has 1 nitrogen and oxygen atoms in total. The van der Waals surface area contributed by atoms with Crippen molar-refractivity contribution in [3.05, 3.63) is 33.8 Å². The molecule has 108 valence electrons. The third kappa shape index (κ3) is 4.22. The van der Waals surface area contributed by atoms with E-state index in [1.807, 2.05) is 0 Å². The maximum absolute atomic E-state index is 6.22. The van der Waals surface area contributed by atoms with Crippen molar-refractivity contribution in [1.82, 2.24) is 5.32 Å². The molecule has 1 unspecified atom stereocenters. The Balaban J connectivity index is 3.12. The second-order valence-electron chi connectivity index (χ2n) is 5.47. The molecule has 0 radical (unpaired) electrons. The summed E-state index contributed by atoms with van der Waals surface area (Å²) in [5, 5.41) is 4.61. The van der Waals surface area contributed by atoms with Gasteiger partial charge in [0.2, 0.25) is 0 Å². The minimum absolute atomic E-state index is 0.450. The van der Waals surface area contributed by atoms with Crippen LogP contribution in [0, 0.1) is 19.8 Å². The lowest BCUT2D eigenvalue weighted by atomic mass is 9.86. The van der Waals surface area contributed by atoms with Gasteiger partial charge in [0, 0.05) is 11.1 Å². The minimum Gasteiger partial charge on any atom is -0.310 e. The Morgan fingerprint density at radius 3 is 2.21 bits per heavy atom. The van der Waals surface area contributed by atoms with Crippen LogP contribution in [-0.2, 0) is 0 Å². The van der Waals surface area contributed by atoms with Crippen LogP contribution in [0.25, 0.3) is 0 Å². The third-order valence-electron chi connectivity index (χ3n) is 4.02. The molecule has 0 aliphatic heterocycles. The van der Waals surface area contributed by atoms with Crippen LogP contribution in [0.5, 0.6) is 0 Å². The van der Waals surface area contributed by atoms with Gasteiger partial charge in [-0.25, -0.2) is 0 Å². The van der Waals surface area contributed by atoms with Gasteiger partial charge < -0.3 is 5.32 Å². The molecule has 0 aromatic heterocycles. The Morgan fingerprint density at radius 1 is 1.05 bits per heavy atom. The van der Waals surface area contributed by atoms with Crippen LogP contribution >= 0.6 is 11.6 Å². The van der Waals surface area contributed by atoms with E-state index in [0.717, 1.165) is 11.6 Å². The molecular weight excluding hydrogens is 254 g/mol. The Morgan fingerprint density at radius 2 is 1.68 bits per heavy atom. The van der Waals surface area contributed by atoms with Crippen LogP contribution in [-0.4, -0.2) is 6.54 Å². The highest BCUT2D eigenvalue weighted by atomic mass is 35.5. The molecule has 0 saturated carbocycles. The predicted molar refractivity (Wildman–Crippen MR) is 86.0 cm³/mol. The van der Waals surface area contributed by atoms with E-state index < -0.39 is 0 Å². The molecule has 0 amide bonds. The summed E-state index contributed by atoms with van der Waals surface area (Å²) in [4.78, 5) is 0. The molecule has 2 heteroatoms. The van der Waals surface area contributed by atoms with Crippen LogP contribution in [0.4, 0.5) is 0 Å². The number of benzene rings is 1. The largest absolute Gasteiger partial charge is 0.310 e. The summed E-state index contributed by atoms with van der Waals surface area (Å²) >= 11 is 6.22. The van der Waals surface area contributed by atoms with E-state index in [-0.39, 0.29) is 0 Å². The van der Waals surface area contributed by atoms with Crippen molar-refractivity contribution >= 4 is 11.6 Å². The van der Waals surface area contributed by atoms with Gasteiger partial charge in [-0.15, -0.1) is 0 Å².